The van der Waals surface area contributed by atoms with Crippen molar-refractivity contribution < 1.29 is 0 Å². The smallest absolute Gasteiger partial charge is 0.0135 e. The van der Waals surface area contributed by atoms with Gasteiger partial charge >= 0.3 is 0 Å². The molecule has 0 spiro atoms. The summed E-state index contributed by atoms with van der Waals surface area (Å²) in [6.07, 6.45) is 11.7. The third-order valence-electron chi connectivity index (χ3n) is 3.58. The summed E-state index contributed by atoms with van der Waals surface area (Å²) in [6, 6.07) is 0.584. The van der Waals surface area contributed by atoms with Crippen molar-refractivity contribution in [3.8, 4) is 0 Å². The molecule has 0 aromatic heterocycles. The van der Waals surface area contributed by atoms with E-state index in [1.54, 1.807) is 0 Å². The van der Waals surface area contributed by atoms with Crippen molar-refractivity contribution in [3.63, 3.8) is 0 Å². The first-order valence-corrected chi connectivity index (χ1v) is 6.72. The van der Waals surface area contributed by atoms with E-state index < -0.39 is 0 Å². The summed E-state index contributed by atoms with van der Waals surface area (Å²) in [5.41, 5.74) is 2.82. The molecule has 17 heavy (non-hydrogen) atoms. The van der Waals surface area contributed by atoms with E-state index >= 15 is 0 Å². The SMILES string of the molecule is CNC(CCC=C(C)C)C1C=CC(C)=CC1C. The average molecular weight is 233 g/mol. The standard InChI is InChI=1S/C16H27N/c1-12(2)7-6-8-16(17-5)15-10-9-13(3)11-14(15)4/h7,9-11,14-17H,6,8H2,1-5H3. The van der Waals surface area contributed by atoms with Crippen LogP contribution in [0.2, 0.25) is 0 Å². The molecule has 1 aliphatic carbocycles. The molecule has 0 bridgehead atoms. The fraction of sp³-hybridized carbons (Fsp3) is 0.625. The summed E-state index contributed by atoms with van der Waals surface area (Å²) in [5, 5.41) is 3.48. The number of hydrogen-bond donors (Lipinski definition) is 1. The third kappa shape index (κ3) is 4.51. The molecule has 0 fully saturated rings. The van der Waals surface area contributed by atoms with E-state index in [2.05, 4.69) is 64.4 Å². The molecule has 1 N–H and O–H groups in total. The number of allylic oxidation sites excluding steroid dienone is 5. The fourth-order valence-corrected chi connectivity index (χ4v) is 2.60. The van der Waals surface area contributed by atoms with E-state index in [4.69, 9.17) is 0 Å². The average Bonchev–Trinajstić information content (AvgIpc) is 2.25. The lowest BCUT2D eigenvalue weighted by molar-refractivity contribution is 0.351. The van der Waals surface area contributed by atoms with Gasteiger partial charge in [-0.1, -0.05) is 42.4 Å². The van der Waals surface area contributed by atoms with Crippen molar-refractivity contribution in [1.29, 1.82) is 0 Å². The minimum atomic E-state index is 0.584. The zero-order chi connectivity index (χ0) is 12.8. The monoisotopic (exact) mass is 233 g/mol. The molecule has 0 radical (unpaired) electrons. The van der Waals surface area contributed by atoms with E-state index in [-0.39, 0.29) is 0 Å². The first kappa shape index (κ1) is 14.2. The van der Waals surface area contributed by atoms with Gasteiger partial charge in [0.15, 0.2) is 0 Å². The van der Waals surface area contributed by atoms with E-state index in [0.29, 0.717) is 17.9 Å². The summed E-state index contributed by atoms with van der Waals surface area (Å²) >= 11 is 0. The second kappa shape index (κ2) is 6.80. The summed E-state index contributed by atoms with van der Waals surface area (Å²) in [4.78, 5) is 0. The Morgan fingerprint density at radius 3 is 2.71 bits per heavy atom. The summed E-state index contributed by atoms with van der Waals surface area (Å²) in [6.45, 7) is 8.84. The molecule has 1 aliphatic rings. The predicted octanol–water partition coefficient (Wildman–Crippen LogP) is 4.09. The van der Waals surface area contributed by atoms with Gasteiger partial charge in [0.05, 0.1) is 0 Å². The van der Waals surface area contributed by atoms with Gasteiger partial charge in [0.1, 0.15) is 0 Å². The van der Waals surface area contributed by atoms with Gasteiger partial charge in [-0.05, 0) is 52.5 Å². The van der Waals surface area contributed by atoms with Crippen LogP contribution in [-0.4, -0.2) is 13.1 Å². The molecule has 3 atom stereocenters. The second-order valence-corrected chi connectivity index (χ2v) is 5.46. The van der Waals surface area contributed by atoms with Gasteiger partial charge in [0.2, 0.25) is 0 Å². The normalized spacial score (nSPS) is 25.4. The van der Waals surface area contributed by atoms with Crippen molar-refractivity contribution >= 4 is 0 Å². The van der Waals surface area contributed by atoms with E-state index in [1.807, 2.05) is 0 Å². The van der Waals surface area contributed by atoms with Crippen LogP contribution in [0.25, 0.3) is 0 Å². The van der Waals surface area contributed by atoms with Crippen LogP contribution in [0.15, 0.2) is 35.5 Å². The highest BCUT2D eigenvalue weighted by Gasteiger charge is 2.23. The lowest BCUT2D eigenvalue weighted by Crippen LogP contribution is -2.36. The fourth-order valence-electron chi connectivity index (χ4n) is 2.60. The quantitative estimate of drug-likeness (QED) is 0.705. The highest BCUT2D eigenvalue weighted by Crippen LogP contribution is 2.27. The molecular formula is C16H27N. The van der Waals surface area contributed by atoms with Gasteiger partial charge in [-0.3, -0.25) is 0 Å². The minimum absolute atomic E-state index is 0.584. The molecule has 0 aromatic carbocycles. The summed E-state index contributed by atoms with van der Waals surface area (Å²) in [7, 11) is 2.08. The zero-order valence-corrected chi connectivity index (χ0v) is 12.0. The Balaban J connectivity index is 2.57. The molecule has 1 heteroatoms. The summed E-state index contributed by atoms with van der Waals surface area (Å²) in [5.74, 6) is 1.28. The van der Waals surface area contributed by atoms with Crippen molar-refractivity contribution in [2.75, 3.05) is 7.05 Å². The largest absolute Gasteiger partial charge is 0.316 e. The van der Waals surface area contributed by atoms with Gasteiger partial charge in [-0.25, -0.2) is 0 Å². The molecule has 0 saturated carbocycles. The first-order valence-electron chi connectivity index (χ1n) is 6.72. The predicted molar refractivity (Wildman–Crippen MR) is 77.1 cm³/mol. The molecule has 1 rings (SSSR count). The Morgan fingerprint density at radius 1 is 1.47 bits per heavy atom. The Labute approximate surface area is 107 Å². The molecule has 3 unspecified atom stereocenters. The number of nitrogens with one attached hydrogen (secondary N) is 1. The number of hydrogen-bond acceptors (Lipinski definition) is 1. The molecule has 0 saturated heterocycles. The molecule has 0 aliphatic heterocycles. The molecular weight excluding hydrogens is 206 g/mol. The maximum atomic E-state index is 3.48. The zero-order valence-electron chi connectivity index (χ0n) is 12.0. The van der Waals surface area contributed by atoms with Crippen LogP contribution >= 0.6 is 0 Å². The van der Waals surface area contributed by atoms with Crippen molar-refractivity contribution in [3.05, 3.63) is 35.5 Å². The van der Waals surface area contributed by atoms with E-state index in [1.165, 1.54) is 24.0 Å². The van der Waals surface area contributed by atoms with Crippen LogP contribution in [0, 0.1) is 11.8 Å². The van der Waals surface area contributed by atoms with E-state index in [0.717, 1.165) is 0 Å². The number of rotatable bonds is 5. The van der Waals surface area contributed by atoms with Crippen LogP contribution < -0.4 is 5.32 Å². The summed E-state index contributed by atoms with van der Waals surface area (Å²) < 4.78 is 0. The van der Waals surface area contributed by atoms with Crippen LogP contribution in [-0.2, 0) is 0 Å². The van der Waals surface area contributed by atoms with Crippen molar-refractivity contribution in [2.45, 2.75) is 46.6 Å². The molecule has 0 aromatic rings. The van der Waals surface area contributed by atoms with Gasteiger partial charge in [0, 0.05) is 6.04 Å². The Bertz CT molecular complexity index is 318. The van der Waals surface area contributed by atoms with Gasteiger partial charge < -0.3 is 5.32 Å². The van der Waals surface area contributed by atoms with Crippen LogP contribution in [0.3, 0.4) is 0 Å². The van der Waals surface area contributed by atoms with E-state index in [9.17, 15) is 0 Å². The topological polar surface area (TPSA) is 12.0 Å². The molecule has 0 amide bonds. The minimum Gasteiger partial charge on any atom is -0.316 e. The first-order chi connectivity index (χ1) is 8.04. The lowest BCUT2D eigenvalue weighted by Gasteiger charge is -2.30. The molecule has 1 nitrogen and oxygen atoms in total. The van der Waals surface area contributed by atoms with Gasteiger partial charge in [0.25, 0.3) is 0 Å². The second-order valence-electron chi connectivity index (χ2n) is 5.46. The highest BCUT2D eigenvalue weighted by molar-refractivity contribution is 5.24. The Morgan fingerprint density at radius 2 is 2.18 bits per heavy atom. The maximum absolute atomic E-state index is 3.48. The molecule has 96 valence electrons. The Hall–Kier alpha value is -0.820. The van der Waals surface area contributed by atoms with Gasteiger partial charge in [-0.15, -0.1) is 0 Å². The van der Waals surface area contributed by atoms with Crippen LogP contribution in [0.5, 0.6) is 0 Å². The third-order valence-corrected chi connectivity index (χ3v) is 3.58. The molecule has 0 heterocycles. The maximum Gasteiger partial charge on any atom is 0.0135 e. The van der Waals surface area contributed by atoms with Crippen LogP contribution in [0.4, 0.5) is 0 Å². The highest BCUT2D eigenvalue weighted by atomic mass is 14.9. The van der Waals surface area contributed by atoms with Crippen molar-refractivity contribution in [2.24, 2.45) is 11.8 Å². The lowest BCUT2D eigenvalue weighted by atomic mass is 9.80. The Kier molecular flexibility index (Phi) is 5.70. The van der Waals surface area contributed by atoms with Crippen LogP contribution in [0.1, 0.15) is 40.5 Å². The van der Waals surface area contributed by atoms with Crippen molar-refractivity contribution in [1.82, 2.24) is 5.32 Å². The van der Waals surface area contributed by atoms with Gasteiger partial charge in [-0.2, -0.15) is 0 Å².